The molecule has 0 unspecified atom stereocenters. The fourth-order valence-corrected chi connectivity index (χ4v) is 3.16. The highest BCUT2D eigenvalue weighted by Crippen LogP contribution is 2.18. The van der Waals surface area contributed by atoms with Crippen molar-refractivity contribution >= 4 is 27.8 Å². The van der Waals surface area contributed by atoms with Gasteiger partial charge < -0.3 is 9.88 Å². The molecule has 0 atom stereocenters. The minimum absolute atomic E-state index is 0.0669. The largest absolute Gasteiger partial charge is 0.350 e. The van der Waals surface area contributed by atoms with Crippen LogP contribution in [0.5, 0.6) is 0 Å². The second-order valence-corrected chi connectivity index (χ2v) is 6.28. The molecule has 8 nitrogen and oxygen atoms in total. The Kier molecular flexibility index (Phi) is 4.08. The van der Waals surface area contributed by atoms with Crippen LogP contribution in [0.3, 0.4) is 0 Å². The second kappa shape index (κ2) is 6.56. The minimum atomic E-state index is -0.563. The summed E-state index contributed by atoms with van der Waals surface area (Å²) in [4.78, 5) is 42.4. The van der Waals surface area contributed by atoms with Gasteiger partial charge in [-0.05, 0) is 16.3 Å². The summed E-state index contributed by atoms with van der Waals surface area (Å²) < 4.78 is 2.67. The topological polar surface area (TPSA) is 102 Å². The van der Waals surface area contributed by atoms with E-state index in [0.717, 1.165) is 16.3 Å². The lowest BCUT2D eigenvalue weighted by atomic mass is 10.0. The van der Waals surface area contributed by atoms with Gasteiger partial charge in [-0.3, -0.25) is 19.1 Å². The molecular formula is C19H17N5O3. The molecule has 4 rings (SSSR count). The Morgan fingerprint density at radius 3 is 2.78 bits per heavy atom. The van der Waals surface area contributed by atoms with Gasteiger partial charge in [0.1, 0.15) is 6.54 Å². The summed E-state index contributed by atoms with van der Waals surface area (Å²) in [6.07, 6.45) is 1.39. The zero-order valence-electron chi connectivity index (χ0n) is 14.6. The van der Waals surface area contributed by atoms with Gasteiger partial charge in [0.15, 0.2) is 11.2 Å². The summed E-state index contributed by atoms with van der Waals surface area (Å²) in [5, 5.41) is 5.06. The molecule has 4 aromatic rings. The van der Waals surface area contributed by atoms with Crippen molar-refractivity contribution < 1.29 is 4.79 Å². The van der Waals surface area contributed by atoms with Gasteiger partial charge in [0.2, 0.25) is 5.91 Å². The van der Waals surface area contributed by atoms with Crippen LogP contribution < -0.4 is 16.6 Å². The van der Waals surface area contributed by atoms with Crippen LogP contribution in [0.1, 0.15) is 5.56 Å². The molecule has 0 saturated carbocycles. The van der Waals surface area contributed by atoms with Gasteiger partial charge in [-0.25, -0.2) is 9.78 Å². The van der Waals surface area contributed by atoms with Crippen LogP contribution in [0.2, 0.25) is 0 Å². The van der Waals surface area contributed by atoms with E-state index in [1.807, 2.05) is 42.5 Å². The molecule has 1 amide bonds. The van der Waals surface area contributed by atoms with Crippen molar-refractivity contribution in [3.63, 3.8) is 0 Å². The molecule has 0 saturated heterocycles. The average molecular weight is 363 g/mol. The van der Waals surface area contributed by atoms with E-state index >= 15 is 0 Å². The highest BCUT2D eigenvalue weighted by molar-refractivity contribution is 5.86. The standard InChI is InChI=1S/C19H17N5O3/c1-23-17-16(18(26)22-19(23)27)24(11-21-17)10-15(25)20-9-13-7-4-6-12-5-2-3-8-14(12)13/h2-8,11H,9-10H2,1H3,(H,20,25)(H,22,26,27). The molecule has 2 aromatic heterocycles. The van der Waals surface area contributed by atoms with Gasteiger partial charge in [0, 0.05) is 13.6 Å². The maximum Gasteiger partial charge on any atom is 0.329 e. The smallest absolute Gasteiger partial charge is 0.329 e. The lowest BCUT2D eigenvalue weighted by molar-refractivity contribution is -0.121. The monoisotopic (exact) mass is 363 g/mol. The zero-order chi connectivity index (χ0) is 19.0. The van der Waals surface area contributed by atoms with Gasteiger partial charge in [-0.1, -0.05) is 42.5 Å². The number of H-pyrrole nitrogens is 1. The summed E-state index contributed by atoms with van der Waals surface area (Å²) in [5.41, 5.74) is 0.339. The van der Waals surface area contributed by atoms with E-state index in [1.54, 1.807) is 0 Å². The Morgan fingerprint density at radius 1 is 1.15 bits per heavy atom. The molecule has 2 aromatic carbocycles. The number of fused-ring (bicyclic) bond motifs is 2. The van der Waals surface area contributed by atoms with E-state index in [-0.39, 0.29) is 23.6 Å². The van der Waals surface area contributed by atoms with Crippen LogP contribution in [0.15, 0.2) is 58.4 Å². The predicted octanol–water partition coefficient (Wildman–Crippen LogP) is 0.893. The minimum Gasteiger partial charge on any atom is -0.350 e. The molecule has 8 heteroatoms. The fourth-order valence-electron chi connectivity index (χ4n) is 3.16. The van der Waals surface area contributed by atoms with Crippen molar-refractivity contribution in [2.75, 3.05) is 0 Å². The van der Waals surface area contributed by atoms with Gasteiger partial charge in [0.05, 0.1) is 6.33 Å². The van der Waals surface area contributed by atoms with Crippen molar-refractivity contribution in [2.45, 2.75) is 13.1 Å². The number of hydrogen-bond acceptors (Lipinski definition) is 4. The maximum atomic E-state index is 12.4. The van der Waals surface area contributed by atoms with E-state index in [9.17, 15) is 14.4 Å². The van der Waals surface area contributed by atoms with E-state index in [0.29, 0.717) is 6.54 Å². The number of carbonyl (C=O) groups excluding carboxylic acids is 1. The molecule has 136 valence electrons. The number of aromatic amines is 1. The normalized spacial score (nSPS) is 11.1. The predicted molar refractivity (Wildman–Crippen MR) is 101 cm³/mol. The second-order valence-electron chi connectivity index (χ2n) is 6.28. The first kappa shape index (κ1) is 16.8. The van der Waals surface area contributed by atoms with Gasteiger partial charge in [-0.2, -0.15) is 0 Å². The highest BCUT2D eigenvalue weighted by Gasteiger charge is 2.13. The van der Waals surface area contributed by atoms with Crippen LogP contribution in [0.4, 0.5) is 0 Å². The number of nitrogens with one attached hydrogen (secondary N) is 2. The summed E-state index contributed by atoms with van der Waals surface area (Å²) in [5.74, 6) is -0.254. The third-order valence-electron chi connectivity index (χ3n) is 4.55. The lowest BCUT2D eigenvalue weighted by Gasteiger charge is -2.09. The Bertz CT molecular complexity index is 1280. The number of imidazole rings is 1. The van der Waals surface area contributed by atoms with E-state index < -0.39 is 11.2 Å². The lowest BCUT2D eigenvalue weighted by Crippen LogP contribution is -2.31. The van der Waals surface area contributed by atoms with Crippen LogP contribution in [0, 0.1) is 0 Å². The van der Waals surface area contributed by atoms with Crippen molar-refractivity contribution in [1.29, 1.82) is 0 Å². The van der Waals surface area contributed by atoms with Gasteiger partial charge in [-0.15, -0.1) is 0 Å². The molecule has 0 aliphatic heterocycles. The quantitative estimate of drug-likeness (QED) is 0.562. The Balaban J connectivity index is 1.55. The van der Waals surface area contributed by atoms with Crippen LogP contribution >= 0.6 is 0 Å². The van der Waals surface area contributed by atoms with Crippen molar-refractivity contribution in [1.82, 2.24) is 24.4 Å². The molecular weight excluding hydrogens is 346 g/mol. The Labute approximate surface area is 153 Å². The number of carbonyl (C=O) groups is 1. The fraction of sp³-hybridized carbons (Fsp3) is 0.158. The molecule has 0 aliphatic carbocycles. The van der Waals surface area contributed by atoms with E-state index in [2.05, 4.69) is 15.3 Å². The summed E-state index contributed by atoms with van der Waals surface area (Å²) in [6, 6.07) is 13.9. The SMILES string of the molecule is Cn1c(=O)[nH]c(=O)c2c1ncn2CC(=O)NCc1cccc2ccccc12. The molecule has 0 bridgehead atoms. The van der Waals surface area contributed by atoms with Crippen LogP contribution in [0.25, 0.3) is 21.9 Å². The van der Waals surface area contributed by atoms with Crippen LogP contribution in [-0.2, 0) is 24.9 Å². The number of amides is 1. The Hall–Kier alpha value is -3.68. The maximum absolute atomic E-state index is 12.4. The van der Waals surface area contributed by atoms with Crippen molar-refractivity contribution in [2.24, 2.45) is 7.05 Å². The molecule has 0 spiro atoms. The summed E-state index contributed by atoms with van der Waals surface area (Å²) in [7, 11) is 1.51. The molecule has 27 heavy (non-hydrogen) atoms. The first-order chi connectivity index (χ1) is 13.0. The molecule has 2 heterocycles. The number of benzene rings is 2. The zero-order valence-corrected chi connectivity index (χ0v) is 14.6. The number of hydrogen-bond donors (Lipinski definition) is 2. The first-order valence-corrected chi connectivity index (χ1v) is 8.42. The third kappa shape index (κ3) is 3.01. The number of aromatic nitrogens is 4. The molecule has 0 fully saturated rings. The molecule has 0 aliphatic rings. The number of aryl methyl sites for hydroxylation is 1. The van der Waals surface area contributed by atoms with Crippen molar-refractivity contribution in [3.05, 3.63) is 75.2 Å². The highest BCUT2D eigenvalue weighted by atomic mass is 16.2. The molecule has 0 radical (unpaired) electrons. The van der Waals surface area contributed by atoms with E-state index in [4.69, 9.17) is 0 Å². The van der Waals surface area contributed by atoms with Gasteiger partial charge in [0.25, 0.3) is 5.56 Å². The van der Waals surface area contributed by atoms with Crippen molar-refractivity contribution in [3.8, 4) is 0 Å². The summed E-state index contributed by atoms with van der Waals surface area (Å²) >= 11 is 0. The number of rotatable bonds is 4. The van der Waals surface area contributed by atoms with Gasteiger partial charge >= 0.3 is 5.69 Å². The third-order valence-corrected chi connectivity index (χ3v) is 4.55. The number of nitrogens with zero attached hydrogens (tertiary/aromatic N) is 3. The Morgan fingerprint density at radius 2 is 1.93 bits per heavy atom. The first-order valence-electron chi connectivity index (χ1n) is 8.42. The average Bonchev–Trinajstić information content (AvgIpc) is 3.08. The molecule has 2 N–H and O–H groups in total. The summed E-state index contributed by atoms with van der Waals surface area (Å²) in [6.45, 7) is 0.310. The van der Waals surface area contributed by atoms with E-state index in [1.165, 1.54) is 22.5 Å². The van der Waals surface area contributed by atoms with Crippen LogP contribution in [-0.4, -0.2) is 25.0 Å².